The summed E-state index contributed by atoms with van der Waals surface area (Å²) in [5, 5.41) is 2.31. The fourth-order valence-electron chi connectivity index (χ4n) is 5.76. The minimum absolute atomic E-state index is 0. The van der Waals surface area contributed by atoms with Gasteiger partial charge < -0.3 is 10.0 Å². The second-order valence-corrected chi connectivity index (χ2v) is 11.8. The van der Waals surface area contributed by atoms with E-state index in [0.29, 0.717) is 25.0 Å². The SMILES string of the molecule is CC(C)N1CC(N2CCC(S(=O)(=O)[N-]C(=O)Nc3c4c(cc5c3CCC5)CCC4)C2)C1.[K+]. The number of sulfonamides is 1. The Kier molecular flexibility index (Phi) is 7.79. The third-order valence-electron chi connectivity index (χ3n) is 7.65. The van der Waals surface area contributed by atoms with Gasteiger partial charge in [-0.3, -0.25) is 14.6 Å². The van der Waals surface area contributed by atoms with Crippen LogP contribution in [0.3, 0.4) is 0 Å². The number of carbonyl (C=O) groups is 1. The van der Waals surface area contributed by atoms with Crippen molar-refractivity contribution >= 4 is 21.7 Å². The molecule has 0 radical (unpaired) electrons. The smallest absolute Gasteiger partial charge is 0.423 e. The fraction of sp³-hybridized carbons (Fsp3) is 0.696. The first kappa shape index (κ1) is 25.1. The van der Waals surface area contributed by atoms with Gasteiger partial charge in [0.2, 0.25) is 0 Å². The molecule has 2 amide bonds. The van der Waals surface area contributed by atoms with Crippen molar-refractivity contribution in [3.63, 3.8) is 0 Å². The van der Waals surface area contributed by atoms with Crippen molar-refractivity contribution in [1.82, 2.24) is 9.80 Å². The minimum Gasteiger partial charge on any atom is -0.423 e. The van der Waals surface area contributed by atoms with E-state index < -0.39 is 21.3 Å². The molecule has 2 aliphatic carbocycles. The van der Waals surface area contributed by atoms with Crippen LogP contribution < -0.4 is 56.7 Å². The van der Waals surface area contributed by atoms with E-state index in [-0.39, 0.29) is 51.4 Å². The standard InChI is InChI=1S/C23H34N4O3S.K/c1-15(2)27-12-18(13-27)26-10-9-19(14-26)31(29,30)25-23(28)24-22-20-7-3-5-16(20)11-17-6-4-8-21(17)22;/h11,15,18-19H,3-10,12-14H2,1-2H3,(H2,24,25,28);/q;+1/p-1. The van der Waals surface area contributed by atoms with Crippen LogP contribution in [-0.2, 0) is 35.7 Å². The molecule has 0 aromatic heterocycles. The molecule has 0 bridgehead atoms. The summed E-state index contributed by atoms with van der Waals surface area (Å²) in [6.07, 6.45) is 6.68. The van der Waals surface area contributed by atoms with Gasteiger partial charge >= 0.3 is 51.4 Å². The van der Waals surface area contributed by atoms with E-state index >= 15 is 0 Å². The fourth-order valence-corrected chi connectivity index (χ4v) is 6.97. The molecule has 1 N–H and O–H groups in total. The Labute approximate surface area is 234 Å². The van der Waals surface area contributed by atoms with Gasteiger partial charge in [0.15, 0.2) is 16.1 Å². The molecule has 2 aliphatic heterocycles. The molecule has 32 heavy (non-hydrogen) atoms. The Morgan fingerprint density at radius 3 is 2.28 bits per heavy atom. The topological polar surface area (TPSA) is 83.8 Å². The Bertz CT molecular complexity index is 959. The number of rotatable bonds is 5. The Balaban J connectivity index is 0.00000245. The average Bonchev–Trinajstić information content (AvgIpc) is 3.39. The van der Waals surface area contributed by atoms with Crippen LogP contribution in [0, 0.1) is 0 Å². The summed E-state index contributed by atoms with van der Waals surface area (Å²) in [6.45, 7) is 7.59. The van der Waals surface area contributed by atoms with Crippen molar-refractivity contribution in [2.24, 2.45) is 0 Å². The molecular formula is C23H33KN4O3S. The number of aryl methyl sites for hydroxylation is 2. The number of anilines is 1. The average molecular weight is 485 g/mol. The van der Waals surface area contributed by atoms with Crippen LogP contribution in [0.4, 0.5) is 10.5 Å². The van der Waals surface area contributed by atoms with E-state index in [1.54, 1.807) is 0 Å². The number of nitrogens with zero attached hydrogens (tertiary/aromatic N) is 3. The Morgan fingerprint density at radius 2 is 1.69 bits per heavy atom. The zero-order chi connectivity index (χ0) is 21.8. The van der Waals surface area contributed by atoms with Gasteiger partial charge in [-0.25, -0.2) is 8.42 Å². The number of urea groups is 1. The number of nitrogens with one attached hydrogen (secondary N) is 1. The van der Waals surface area contributed by atoms with Crippen molar-refractivity contribution in [2.45, 2.75) is 76.1 Å². The van der Waals surface area contributed by atoms with Crippen molar-refractivity contribution in [3.8, 4) is 0 Å². The third kappa shape index (κ3) is 4.87. The van der Waals surface area contributed by atoms with Crippen LogP contribution in [0.2, 0.25) is 0 Å². The van der Waals surface area contributed by atoms with Crippen LogP contribution in [0.5, 0.6) is 0 Å². The molecule has 1 aromatic rings. The monoisotopic (exact) mass is 484 g/mol. The van der Waals surface area contributed by atoms with Gasteiger partial charge in [0, 0.05) is 31.7 Å². The number of fused-ring (bicyclic) bond motifs is 2. The summed E-state index contributed by atoms with van der Waals surface area (Å²) < 4.78 is 29.5. The molecule has 2 heterocycles. The van der Waals surface area contributed by atoms with E-state index in [0.717, 1.165) is 63.8 Å². The van der Waals surface area contributed by atoms with Crippen molar-refractivity contribution in [1.29, 1.82) is 0 Å². The number of amides is 2. The van der Waals surface area contributed by atoms with Crippen LogP contribution in [0.15, 0.2) is 6.07 Å². The van der Waals surface area contributed by atoms with Crippen LogP contribution >= 0.6 is 0 Å². The number of benzene rings is 1. The maximum absolute atomic E-state index is 12.9. The number of hydrogen-bond donors (Lipinski definition) is 1. The molecule has 170 valence electrons. The molecule has 9 heteroatoms. The molecule has 1 aromatic carbocycles. The summed E-state index contributed by atoms with van der Waals surface area (Å²) in [7, 11) is -3.83. The quantitative estimate of drug-likeness (QED) is 0.598. The zero-order valence-corrected chi connectivity index (χ0v) is 23.5. The molecule has 7 nitrogen and oxygen atoms in total. The summed E-state index contributed by atoms with van der Waals surface area (Å²) in [4.78, 5) is 17.4. The van der Waals surface area contributed by atoms with Gasteiger partial charge in [-0.2, -0.15) is 0 Å². The van der Waals surface area contributed by atoms with E-state index in [9.17, 15) is 13.2 Å². The molecule has 1 unspecified atom stereocenters. The van der Waals surface area contributed by atoms with Crippen LogP contribution in [0.25, 0.3) is 4.72 Å². The largest absolute Gasteiger partial charge is 1.00 e. The van der Waals surface area contributed by atoms with Crippen molar-refractivity contribution < 1.29 is 64.6 Å². The summed E-state index contributed by atoms with van der Waals surface area (Å²) in [6, 6.07) is 2.51. The number of hydrogen-bond acceptors (Lipinski definition) is 5. The summed E-state index contributed by atoms with van der Waals surface area (Å²) >= 11 is 0. The predicted molar refractivity (Wildman–Crippen MR) is 122 cm³/mol. The number of likely N-dealkylation sites (tertiary alicyclic amines) is 2. The molecule has 0 saturated carbocycles. The molecule has 5 rings (SSSR count). The van der Waals surface area contributed by atoms with Gasteiger partial charge in [-0.1, -0.05) is 6.07 Å². The number of carbonyl (C=O) groups excluding carboxylic acids is 1. The van der Waals surface area contributed by atoms with E-state index in [2.05, 4.69) is 39.8 Å². The minimum atomic E-state index is -3.83. The predicted octanol–water partition coefficient (Wildman–Crippen LogP) is 0.0703. The Morgan fingerprint density at radius 1 is 1.06 bits per heavy atom. The van der Waals surface area contributed by atoms with Crippen molar-refractivity contribution in [2.75, 3.05) is 31.5 Å². The van der Waals surface area contributed by atoms with E-state index in [1.807, 2.05) is 0 Å². The van der Waals surface area contributed by atoms with E-state index in [1.165, 1.54) is 22.3 Å². The first-order valence-corrected chi connectivity index (χ1v) is 13.2. The van der Waals surface area contributed by atoms with Crippen LogP contribution in [-0.4, -0.2) is 67.8 Å². The normalized spacial score (nSPS) is 23.5. The van der Waals surface area contributed by atoms with Gasteiger partial charge in [-0.15, -0.1) is 0 Å². The second kappa shape index (κ2) is 9.93. The maximum atomic E-state index is 12.9. The molecule has 2 saturated heterocycles. The van der Waals surface area contributed by atoms with Gasteiger partial charge in [-0.05, 0) is 93.3 Å². The molecule has 2 fully saturated rings. The Hall–Kier alpha value is -0.00364. The van der Waals surface area contributed by atoms with Crippen molar-refractivity contribution in [3.05, 3.63) is 33.0 Å². The first-order valence-electron chi connectivity index (χ1n) is 11.7. The summed E-state index contributed by atoms with van der Waals surface area (Å²) in [5.74, 6) is 0. The molecule has 1 atom stereocenters. The van der Waals surface area contributed by atoms with Gasteiger partial charge in [0.25, 0.3) is 0 Å². The first-order chi connectivity index (χ1) is 14.8. The molecule has 4 aliphatic rings. The maximum Gasteiger partial charge on any atom is 1.00 e. The zero-order valence-electron chi connectivity index (χ0n) is 19.6. The second-order valence-electron chi connectivity index (χ2n) is 9.88. The third-order valence-corrected chi connectivity index (χ3v) is 9.30. The van der Waals surface area contributed by atoms with E-state index in [4.69, 9.17) is 0 Å². The molecular weight excluding hydrogens is 451 g/mol. The van der Waals surface area contributed by atoms with Gasteiger partial charge in [0.1, 0.15) is 0 Å². The summed E-state index contributed by atoms with van der Waals surface area (Å²) in [5.41, 5.74) is 5.84. The molecule has 0 spiro atoms. The van der Waals surface area contributed by atoms with Crippen LogP contribution in [0.1, 0.15) is 55.4 Å². The van der Waals surface area contributed by atoms with Gasteiger partial charge in [0.05, 0.1) is 5.25 Å².